The summed E-state index contributed by atoms with van der Waals surface area (Å²) >= 11 is 0. The molecule has 1 saturated carbocycles. The summed E-state index contributed by atoms with van der Waals surface area (Å²) in [4.78, 5) is 12.2. The summed E-state index contributed by atoms with van der Waals surface area (Å²) in [6.45, 7) is 2.92. The number of ether oxygens (including phenoxy) is 1. The maximum atomic E-state index is 12.2. The van der Waals surface area contributed by atoms with Crippen molar-refractivity contribution in [2.75, 3.05) is 13.2 Å². The van der Waals surface area contributed by atoms with Crippen LogP contribution in [0.1, 0.15) is 41.6 Å². The minimum atomic E-state index is -0.869. The van der Waals surface area contributed by atoms with Crippen LogP contribution in [0.2, 0.25) is 0 Å². The predicted octanol–water partition coefficient (Wildman–Crippen LogP) is 3.43. The molecule has 0 aromatic heterocycles. The van der Waals surface area contributed by atoms with E-state index in [0.717, 1.165) is 24.2 Å². The van der Waals surface area contributed by atoms with Crippen molar-refractivity contribution in [3.63, 3.8) is 0 Å². The monoisotopic (exact) mass is 369 g/mol. The van der Waals surface area contributed by atoms with Crippen molar-refractivity contribution in [3.05, 3.63) is 59.7 Å². The molecule has 0 atom stereocenters. The van der Waals surface area contributed by atoms with Gasteiger partial charge >= 0.3 is 0 Å². The highest BCUT2D eigenvalue weighted by molar-refractivity contribution is 5.94. The molecule has 0 heterocycles. The largest absolute Gasteiger partial charge is 0.508 e. The number of hydrogen-bond acceptors (Lipinski definition) is 4. The lowest BCUT2D eigenvalue weighted by Crippen LogP contribution is -2.45. The second kappa shape index (κ2) is 8.44. The Labute approximate surface area is 160 Å². The van der Waals surface area contributed by atoms with E-state index in [9.17, 15) is 15.0 Å². The van der Waals surface area contributed by atoms with Crippen LogP contribution in [-0.4, -0.2) is 34.9 Å². The molecule has 0 aliphatic heterocycles. The highest BCUT2D eigenvalue weighted by atomic mass is 16.5. The first-order chi connectivity index (χ1) is 13.0. The highest BCUT2D eigenvalue weighted by Crippen LogP contribution is 2.32. The number of carbonyl (C=O) groups is 1. The molecule has 2 aromatic rings. The van der Waals surface area contributed by atoms with Crippen LogP contribution in [0.5, 0.6) is 11.5 Å². The third-order valence-corrected chi connectivity index (χ3v) is 5.31. The fourth-order valence-electron chi connectivity index (χ4n) is 3.44. The molecule has 3 N–H and O–H groups in total. The molecule has 0 radical (unpaired) electrons. The molecule has 5 heteroatoms. The number of aryl methyl sites for hydroxylation is 1. The fraction of sp³-hybridized carbons (Fsp3) is 0.409. The molecule has 0 bridgehead atoms. The van der Waals surface area contributed by atoms with Crippen molar-refractivity contribution >= 4 is 5.91 Å². The van der Waals surface area contributed by atoms with Gasteiger partial charge in [-0.1, -0.05) is 18.2 Å². The predicted molar refractivity (Wildman–Crippen MR) is 104 cm³/mol. The van der Waals surface area contributed by atoms with Crippen LogP contribution >= 0.6 is 0 Å². The molecule has 1 fully saturated rings. The van der Waals surface area contributed by atoms with Crippen molar-refractivity contribution in [2.24, 2.45) is 5.92 Å². The normalized spacial score (nSPS) is 22.2. The van der Waals surface area contributed by atoms with E-state index in [1.807, 2.05) is 31.2 Å². The quantitative estimate of drug-likeness (QED) is 0.729. The zero-order valence-corrected chi connectivity index (χ0v) is 15.6. The number of benzene rings is 2. The molecule has 5 nitrogen and oxygen atoms in total. The van der Waals surface area contributed by atoms with Gasteiger partial charge in [0.2, 0.25) is 0 Å². The van der Waals surface area contributed by atoms with E-state index in [4.69, 9.17) is 4.74 Å². The van der Waals surface area contributed by atoms with Crippen LogP contribution < -0.4 is 10.1 Å². The third-order valence-electron chi connectivity index (χ3n) is 5.31. The van der Waals surface area contributed by atoms with Crippen molar-refractivity contribution in [3.8, 4) is 11.5 Å². The Morgan fingerprint density at radius 3 is 2.48 bits per heavy atom. The summed E-state index contributed by atoms with van der Waals surface area (Å²) in [6, 6.07) is 14.1. The van der Waals surface area contributed by atoms with Gasteiger partial charge < -0.3 is 20.3 Å². The minimum Gasteiger partial charge on any atom is -0.508 e. The summed E-state index contributed by atoms with van der Waals surface area (Å²) in [7, 11) is 0. The zero-order valence-electron chi connectivity index (χ0n) is 15.6. The molecule has 3 rings (SSSR count). The van der Waals surface area contributed by atoms with Gasteiger partial charge in [0.1, 0.15) is 11.5 Å². The second-order valence-corrected chi connectivity index (χ2v) is 7.47. The average Bonchev–Trinajstić information content (AvgIpc) is 2.67. The molecule has 1 amide bonds. The number of phenols is 1. The molecule has 27 heavy (non-hydrogen) atoms. The number of para-hydroxylation sites is 1. The summed E-state index contributed by atoms with van der Waals surface area (Å²) in [5, 5.41) is 22.9. The van der Waals surface area contributed by atoms with E-state index in [0.29, 0.717) is 30.9 Å². The van der Waals surface area contributed by atoms with Crippen LogP contribution in [0, 0.1) is 12.8 Å². The van der Waals surface area contributed by atoms with Gasteiger partial charge in [-0.05, 0) is 74.4 Å². The number of aromatic hydroxyl groups is 1. The van der Waals surface area contributed by atoms with Gasteiger partial charge in [-0.2, -0.15) is 0 Å². The Morgan fingerprint density at radius 1 is 1.15 bits per heavy atom. The van der Waals surface area contributed by atoms with E-state index in [2.05, 4.69) is 5.32 Å². The molecule has 0 spiro atoms. The average molecular weight is 369 g/mol. The van der Waals surface area contributed by atoms with E-state index in [1.54, 1.807) is 12.1 Å². The maximum absolute atomic E-state index is 12.2. The first-order valence-electron chi connectivity index (χ1n) is 9.43. The number of aliphatic hydroxyl groups is 1. The van der Waals surface area contributed by atoms with Crippen molar-refractivity contribution < 1.29 is 19.7 Å². The molecule has 0 saturated heterocycles. The van der Waals surface area contributed by atoms with Crippen molar-refractivity contribution in [2.45, 2.75) is 38.2 Å². The first kappa shape index (κ1) is 19.2. The van der Waals surface area contributed by atoms with Gasteiger partial charge in [-0.3, -0.25) is 4.79 Å². The van der Waals surface area contributed by atoms with Gasteiger partial charge in [0, 0.05) is 12.1 Å². The van der Waals surface area contributed by atoms with Crippen LogP contribution in [0.25, 0.3) is 0 Å². The molecule has 144 valence electrons. The molecule has 2 aromatic carbocycles. The summed E-state index contributed by atoms with van der Waals surface area (Å²) in [5.41, 5.74) is 0.727. The van der Waals surface area contributed by atoms with Gasteiger partial charge in [-0.15, -0.1) is 0 Å². The first-order valence-corrected chi connectivity index (χ1v) is 9.43. The highest BCUT2D eigenvalue weighted by Gasteiger charge is 2.33. The Bertz CT molecular complexity index is 764. The molecule has 1 aliphatic rings. The van der Waals surface area contributed by atoms with Crippen LogP contribution in [0.3, 0.4) is 0 Å². The van der Waals surface area contributed by atoms with Crippen LogP contribution in [0.4, 0.5) is 0 Å². The standard InChI is InChI=1S/C22H27NO4/c1-16-4-2-3-5-20(16)27-14-17-10-12-22(26,13-11-17)15-23-21(25)18-6-8-19(24)9-7-18/h2-9,17,24,26H,10-15H2,1H3,(H,23,25)/t17-,22+. The Kier molecular flexibility index (Phi) is 6.01. The Hall–Kier alpha value is -2.53. The third kappa shape index (κ3) is 5.23. The lowest BCUT2D eigenvalue weighted by atomic mass is 9.79. The molecule has 1 aliphatic carbocycles. The van der Waals surface area contributed by atoms with E-state index < -0.39 is 5.60 Å². The summed E-state index contributed by atoms with van der Waals surface area (Å²) in [6.07, 6.45) is 3.03. The summed E-state index contributed by atoms with van der Waals surface area (Å²) in [5.74, 6) is 1.21. The van der Waals surface area contributed by atoms with Gasteiger partial charge in [0.15, 0.2) is 0 Å². The van der Waals surface area contributed by atoms with Crippen molar-refractivity contribution in [1.82, 2.24) is 5.32 Å². The van der Waals surface area contributed by atoms with E-state index in [-0.39, 0.29) is 18.2 Å². The minimum absolute atomic E-state index is 0.122. The smallest absolute Gasteiger partial charge is 0.251 e. The summed E-state index contributed by atoms with van der Waals surface area (Å²) < 4.78 is 5.94. The maximum Gasteiger partial charge on any atom is 0.251 e. The Morgan fingerprint density at radius 2 is 1.81 bits per heavy atom. The second-order valence-electron chi connectivity index (χ2n) is 7.47. The lowest BCUT2D eigenvalue weighted by molar-refractivity contribution is -0.0130. The zero-order chi connectivity index (χ0) is 19.3. The number of nitrogens with one attached hydrogen (secondary N) is 1. The number of phenolic OH excluding ortho intramolecular Hbond substituents is 1. The number of rotatable bonds is 6. The Balaban J connectivity index is 1.44. The van der Waals surface area contributed by atoms with E-state index >= 15 is 0 Å². The van der Waals surface area contributed by atoms with Gasteiger partial charge in [0.05, 0.1) is 12.2 Å². The van der Waals surface area contributed by atoms with Crippen LogP contribution in [0.15, 0.2) is 48.5 Å². The number of amides is 1. The lowest BCUT2D eigenvalue weighted by Gasteiger charge is -2.36. The molecular formula is C22H27NO4. The van der Waals surface area contributed by atoms with Gasteiger partial charge in [0.25, 0.3) is 5.91 Å². The van der Waals surface area contributed by atoms with Crippen LogP contribution in [-0.2, 0) is 0 Å². The topological polar surface area (TPSA) is 78.8 Å². The SMILES string of the molecule is Cc1ccccc1OC[C@H]1CC[C@](O)(CNC(=O)c2ccc(O)cc2)CC1. The van der Waals surface area contributed by atoms with Gasteiger partial charge in [-0.25, -0.2) is 0 Å². The molecule has 0 unspecified atom stereocenters. The van der Waals surface area contributed by atoms with E-state index in [1.165, 1.54) is 12.1 Å². The molecular weight excluding hydrogens is 342 g/mol. The van der Waals surface area contributed by atoms with Crippen molar-refractivity contribution in [1.29, 1.82) is 0 Å². The number of hydrogen-bond donors (Lipinski definition) is 3. The fourth-order valence-corrected chi connectivity index (χ4v) is 3.44. The number of carbonyl (C=O) groups excluding carboxylic acids is 1.